The van der Waals surface area contributed by atoms with Crippen molar-refractivity contribution in [2.24, 2.45) is 0 Å². The van der Waals surface area contributed by atoms with Crippen LogP contribution >= 0.6 is 0 Å². The summed E-state index contributed by atoms with van der Waals surface area (Å²) >= 11 is 0. The van der Waals surface area contributed by atoms with E-state index in [1.54, 1.807) is 12.0 Å². The molecule has 1 N–H and O–H groups in total. The van der Waals surface area contributed by atoms with Crippen LogP contribution in [-0.2, 0) is 29.0 Å². The molecule has 0 fully saturated rings. The molecule has 0 aromatic heterocycles. The Hall–Kier alpha value is -3.60. The summed E-state index contributed by atoms with van der Waals surface area (Å²) in [6, 6.07) is 23.0. The second-order valence-corrected chi connectivity index (χ2v) is 9.41. The van der Waals surface area contributed by atoms with Crippen LogP contribution in [0.1, 0.15) is 41.7 Å². The molecule has 3 aromatic carbocycles. The van der Waals surface area contributed by atoms with Crippen LogP contribution in [0.3, 0.4) is 0 Å². The molecule has 0 heterocycles. The molecule has 0 saturated carbocycles. The van der Waals surface area contributed by atoms with Gasteiger partial charge in [-0.25, -0.2) is 0 Å². The van der Waals surface area contributed by atoms with Crippen molar-refractivity contribution in [1.82, 2.24) is 10.2 Å². The van der Waals surface area contributed by atoms with Crippen LogP contribution in [0.5, 0.6) is 5.75 Å². The number of benzene rings is 3. The van der Waals surface area contributed by atoms with Crippen LogP contribution < -0.4 is 10.1 Å². The van der Waals surface area contributed by atoms with Crippen LogP contribution in [0.15, 0.2) is 72.8 Å². The lowest BCUT2D eigenvalue weighted by Crippen LogP contribution is -2.52. The first-order chi connectivity index (χ1) is 16.7. The lowest BCUT2D eigenvalue weighted by Gasteiger charge is -2.32. The minimum Gasteiger partial charge on any atom is -0.497 e. The van der Waals surface area contributed by atoms with E-state index >= 15 is 0 Å². The molecule has 184 valence electrons. The number of rotatable bonds is 10. The van der Waals surface area contributed by atoms with Gasteiger partial charge in [-0.15, -0.1) is 0 Å². The Bertz CT molecular complexity index is 1120. The van der Waals surface area contributed by atoms with E-state index < -0.39 is 6.04 Å². The van der Waals surface area contributed by atoms with Gasteiger partial charge in [0.05, 0.1) is 13.5 Å². The fourth-order valence-electron chi connectivity index (χ4n) is 4.35. The van der Waals surface area contributed by atoms with Crippen molar-refractivity contribution in [1.29, 1.82) is 0 Å². The molecule has 0 aliphatic heterocycles. The molecule has 3 aromatic rings. The smallest absolute Gasteiger partial charge is 0.243 e. The van der Waals surface area contributed by atoms with Gasteiger partial charge in [-0.2, -0.15) is 0 Å². The fourth-order valence-corrected chi connectivity index (χ4v) is 4.35. The average molecular weight is 473 g/mol. The normalized spacial score (nSPS) is 11.7. The summed E-state index contributed by atoms with van der Waals surface area (Å²) in [6.07, 6.45) is 0.661. The largest absolute Gasteiger partial charge is 0.497 e. The second kappa shape index (κ2) is 12.2. The standard InChI is InChI=1S/C30H36N2O3/c1-21(2)31-30(34)28(18-24-10-7-6-8-11-24)32(20-25-12-9-13-27(17-25)35-5)29(33)19-26-15-22(3)14-23(4)16-26/h6-17,21,28H,18-20H2,1-5H3,(H,31,34). The van der Waals surface area contributed by atoms with Crippen molar-refractivity contribution in [3.8, 4) is 5.75 Å². The second-order valence-electron chi connectivity index (χ2n) is 9.41. The van der Waals surface area contributed by atoms with E-state index in [0.717, 1.165) is 33.6 Å². The molecular weight excluding hydrogens is 436 g/mol. The third-order valence-electron chi connectivity index (χ3n) is 5.83. The third kappa shape index (κ3) is 7.71. The molecule has 2 amide bonds. The molecule has 1 unspecified atom stereocenters. The lowest BCUT2D eigenvalue weighted by atomic mass is 10.00. The van der Waals surface area contributed by atoms with E-state index in [0.29, 0.717) is 13.0 Å². The van der Waals surface area contributed by atoms with Gasteiger partial charge in [0.2, 0.25) is 11.8 Å². The maximum absolute atomic E-state index is 13.8. The maximum atomic E-state index is 13.8. The number of methoxy groups -OCH3 is 1. The van der Waals surface area contributed by atoms with E-state index in [2.05, 4.69) is 11.4 Å². The van der Waals surface area contributed by atoms with Crippen molar-refractivity contribution >= 4 is 11.8 Å². The highest BCUT2D eigenvalue weighted by atomic mass is 16.5. The van der Waals surface area contributed by atoms with Crippen LogP contribution in [0, 0.1) is 13.8 Å². The zero-order valence-corrected chi connectivity index (χ0v) is 21.4. The van der Waals surface area contributed by atoms with Gasteiger partial charge in [0, 0.05) is 19.0 Å². The van der Waals surface area contributed by atoms with Crippen LogP contribution in [-0.4, -0.2) is 35.9 Å². The summed E-state index contributed by atoms with van der Waals surface area (Å²) in [5, 5.41) is 3.03. The highest BCUT2D eigenvalue weighted by Gasteiger charge is 2.30. The molecular formula is C30H36N2O3. The van der Waals surface area contributed by atoms with Crippen molar-refractivity contribution in [2.45, 2.75) is 59.2 Å². The first kappa shape index (κ1) is 26.0. The average Bonchev–Trinajstić information content (AvgIpc) is 2.81. The third-order valence-corrected chi connectivity index (χ3v) is 5.83. The minimum absolute atomic E-state index is 0.0334. The Morgan fingerprint density at radius 1 is 0.857 bits per heavy atom. The molecule has 35 heavy (non-hydrogen) atoms. The Labute approximate surface area is 209 Å². The molecule has 3 rings (SSSR count). The predicted molar refractivity (Wildman–Crippen MR) is 140 cm³/mol. The molecule has 0 saturated heterocycles. The van der Waals surface area contributed by atoms with Gasteiger partial charge in [-0.05, 0) is 56.5 Å². The zero-order valence-electron chi connectivity index (χ0n) is 21.4. The van der Waals surface area contributed by atoms with Gasteiger partial charge in [0.25, 0.3) is 0 Å². The molecule has 0 aliphatic carbocycles. The number of carbonyl (C=O) groups excluding carboxylic acids is 2. The van der Waals surface area contributed by atoms with Crippen molar-refractivity contribution < 1.29 is 14.3 Å². The van der Waals surface area contributed by atoms with Gasteiger partial charge in [-0.3, -0.25) is 9.59 Å². The van der Waals surface area contributed by atoms with E-state index in [-0.39, 0.29) is 24.3 Å². The summed E-state index contributed by atoms with van der Waals surface area (Å²) in [4.78, 5) is 29.0. The quantitative estimate of drug-likeness (QED) is 0.451. The number of ether oxygens (including phenoxy) is 1. The minimum atomic E-state index is -0.649. The molecule has 1 atom stereocenters. The summed E-state index contributed by atoms with van der Waals surface area (Å²) in [6.45, 7) is 8.23. The number of carbonyl (C=O) groups is 2. The van der Waals surface area contributed by atoms with E-state index in [4.69, 9.17) is 4.74 Å². The monoisotopic (exact) mass is 472 g/mol. The molecule has 0 aliphatic rings. The highest BCUT2D eigenvalue weighted by Crippen LogP contribution is 2.20. The Morgan fingerprint density at radius 2 is 1.51 bits per heavy atom. The molecule has 0 radical (unpaired) electrons. The number of aryl methyl sites for hydroxylation is 2. The van der Waals surface area contributed by atoms with E-state index in [1.807, 2.05) is 94.4 Å². The maximum Gasteiger partial charge on any atom is 0.243 e. The van der Waals surface area contributed by atoms with E-state index in [1.165, 1.54) is 0 Å². The first-order valence-corrected chi connectivity index (χ1v) is 12.1. The van der Waals surface area contributed by atoms with Gasteiger partial charge in [0.15, 0.2) is 0 Å². The van der Waals surface area contributed by atoms with Gasteiger partial charge >= 0.3 is 0 Å². The van der Waals surface area contributed by atoms with Gasteiger partial charge in [-0.1, -0.05) is 71.8 Å². The lowest BCUT2D eigenvalue weighted by molar-refractivity contribution is -0.141. The number of hydrogen-bond donors (Lipinski definition) is 1. The zero-order chi connectivity index (χ0) is 25.4. The summed E-state index contributed by atoms with van der Waals surface area (Å²) in [5.41, 5.74) is 5.10. The van der Waals surface area contributed by atoms with Gasteiger partial charge < -0.3 is 15.0 Å². The SMILES string of the molecule is COc1cccc(CN(C(=O)Cc2cc(C)cc(C)c2)C(Cc2ccccc2)C(=O)NC(C)C)c1. The topological polar surface area (TPSA) is 58.6 Å². The summed E-state index contributed by atoms with van der Waals surface area (Å²) in [5.74, 6) is 0.480. The number of hydrogen-bond acceptors (Lipinski definition) is 3. The molecule has 5 heteroatoms. The Kier molecular flexibility index (Phi) is 9.07. The first-order valence-electron chi connectivity index (χ1n) is 12.1. The summed E-state index contributed by atoms with van der Waals surface area (Å²) < 4.78 is 5.39. The predicted octanol–water partition coefficient (Wildman–Crippen LogP) is 5.02. The van der Waals surface area contributed by atoms with Gasteiger partial charge in [0.1, 0.15) is 11.8 Å². The Morgan fingerprint density at radius 3 is 2.14 bits per heavy atom. The van der Waals surface area contributed by atoms with Crippen molar-refractivity contribution in [3.63, 3.8) is 0 Å². The number of nitrogens with one attached hydrogen (secondary N) is 1. The van der Waals surface area contributed by atoms with E-state index in [9.17, 15) is 9.59 Å². The number of nitrogens with zero attached hydrogens (tertiary/aromatic N) is 1. The molecule has 0 bridgehead atoms. The molecule has 5 nitrogen and oxygen atoms in total. The number of amides is 2. The highest BCUT2D eigenvalue weighted by molar-refractivity contribution is 5.89. The van der Waals surface area contributed by atoms with Crippen LogP contribution in [0.4, 0.5) is 0 Å². The summed E-state index contributed by atoms with van der Waals surface area (Å²) in [7, 11) is 1.62. The van der Waals surface area contributed by atoms with Crippen LogP contribution in [0.2, 0.25) is 0 Å². The molecule has 0 spiro atoms. The van der Waals surface area contributed by atoms with Crippen molar-refractivity contribution in [3.05, 3.63) is 101 Å². The fraction of sp³-hybridized carbons (Fsp3) is 0.333. The van der Waals surface area contributed by atoms with Crippen molar-refractivity contribution in [2.75, 3.05) is 7.11 Å². The van der Waals surface area contributed by atoms with Crippen LogP contribution in [0.25, 0.3) is 0 Å². The Balaban J connectivity index is 2.00.